The Kier molecular flexibility index (Phi) is 6.75. The van der Waals surface area contributed by atoms with Crippen molar-refractivity contribution < 1.29 is 14.3 Å². The molecule has 1 aromatic heterocycles. The number of nitrogens with zero attached hydrogens (tertiary/aromatic N) is 1. The molecule has 1 heterocycles. The molecule has 0 fully saturated rings. The van der Waals surface area contributed by atoms with E-state index in [1.807, 2.05) is 62.4 Å². The number of ether oxygens (including phenoxy) is 2. The summed E-state index contributed by atoms with van der Waals surface area (Å²) >= 11 is 6.04. The maximum absolute atomic E-state index is 11.8. The number of fused-ring (bicyclic) bond motifs is 1. The minimum atomic E-state index is -0.475. The van der Waals surface area contributed by atoms with Crippen LogP contribution >= 0.6 is 11.6 Å². The normalized spacial score (nSPS) is 11.4. The number of halogens is 1. The zero-order valence-electron chi connectivity index (χ0n) is 17.1. The molecule has 3 rings (SSSR count). The summed E-state index contributed by atoms with van der Waals surface area (Å²) in [7, 11) is 1.43. The molecule has 5 heteroatoms. The fourth-order valence-corrected chi connectivity index (χ4v) is 3.44. The zero-order chi connectivity index (χ0) is 20.9. The Labute approximate surface area is 176 Å². The van der Waals surface area contributed by atoms with E-state index < -0.39 is 5.41 Å². The molecule has 0 spiro atoms. The van der Waals surface area contributed by atoms with Crippen LogP contribution in [0.3, 0.4) is 0 Å². The van der Waals surface area contributed by atoms with Crippen molar-refractivity contribution in [2.45, 2.75) is 33.1 Å². The Morgan fingerprint density at radius 1 is 1.07 bits per heavy atom. The van der Waals surface area contributed by atoms with Crippen LogP contribution in [0.4, 0.5) is 0 Å². The second kappa shape index (κ2) is 9.27. The fourth-order valence-electron chi connectivity index (χ4n) is 3.32. The molecule has 0 saturated heterocycles. The van der Waals surface area contributed by atoms with Crippen molar-refractivity contribution >= 4 is 28.5 Å². The molecule has 0 bridgehead atoms. The van der Waals surface area contributed by atoms with E-state index in [1.54, 1.807) is 0 Å². The van der Waals surface area contributed by atoms with Crippen LogP contribution in [-0.4, -0.2) is 24.7 Å². The van der Waals surface area contributed by atoms with Crippen LogP contribution in [0, 0.1) is 5.41 Å². The standard InChI is InChI=1S/C24H26ClNO3/c1-24(2,23(27)28-3)14-6-7-15-29-22-16-20(17-10-12-18(25)13-11-17)19-8-4-5-9-21(19)26-22/h4-5,8-13,16H,6-7,14-15H2,1-3H3. The molecule has 0 N–H and O–H groups in total. The Morgan fingerprint density at radius 2 is 1.79 bits per heavy atom. The first-order valence-corrected chi connectivity index (χ1v) is 10.2. The number of unbranched alkanes of at least 4 members (excludes halogenated alkanes) is 1. The van der Waals surface area contributed by atoms with Gasteiger partial charge in [-0.3, -0.25) is 4.79 Å². The van der Waals surface area contributed by atoms with Crippen LogP contribution in [0.5, 0.6) is 5.88 Å². The molecule has 0 saturated carbocycles. The van der Waals surface area contributed by atoms with E-state index in [4.69, 9.17) is 21.1 Å². The first-order valence-electron chi connectivity index (χ1n) is 9.78. The lowest BCUT2D eigenvalue weighted by molar-refractivity contribution is -0.151. The molecule has 0 aliphatic rings. The van der Waals surface area contributed by atoms with Gasteiger partial charge in [0, 0.05) is 16.5 Å². The molecule has 0 amide bonds. The van der Waals surface area contributed by atoms with E-state index in [9.17, 15) is 4.79 Å². The van der Waals surface area contributed by atoms with E-state index >= 15 is 0 Å². The second-order valence-corrected chi connectivity index (χ2v) is 8.15. The SMILES string of the molecule is COC(=O)C(C)(C)CCCCOc1cc(-c2ccc(Cl)cc2)c2ccccc2n1. The summed E-state index contributed by atoms with van der Waals surface area (Å²) < 4.78 is 10.8. The largest absolute Gasteiger partial charge is 0.478 e. The average molecular weight is 412 g/mol. The van der Waals surface area contributed by atoms with Gasteiger partial charge in [0.05, 0.1) is 24.6 Å². The lowest BCUT2D eigenvalue weighted by Gasteiger charge is -2.21. The van der Waals surface area contributed by atoms with Crippen LogP contribution in [0.1, 0.15) is 33.1 Å². The van der Waals surface area contributed by atoms with Crippen LogP contribution in [0.25, 0.3) is 22.0 Å². The smallest absolute Gasteiger partial charge is 0.311 e. The number of aromatic nitrogens is 1. The van der Waals surface area contributed by atoms with Crippen molar-refractivity contribution in [2.75, 3.05) is 13.7 Å². The highest BCUT2D eigenvalue weighted by atomic mass is 35.5. The van der Waals surface area contributed by atoms with E-state index in [0.717, 1.165) is 41.3 Å². The van der Waals surface area contributed by atoms with Crippen molar-refractivity contribution in [3.05, 3.63) is 59.6 Å². The first-order chi connectivity index (χ1) is 13.9. The van der Waals surface area contributed by atoms with Crippen LogP contribution in [0.15, 0.2) is 54.6 Å². The number of rotatable bonds is 8. The third-order valence-electron chi connectivity index (χ3n) is 5.03. The molecule has 0 atom stereocenters. The number of benzene rings is 2. The molecule has 4 nitrogen and oxygen atoms in total. The van der Waals surface area contributed by atoms with Gasteiger partial charge in [0.2, 0.25) is 5.88 Å². The third-order valence-corrected chi connectivity index (χ3v) is 5.28. The monoisotopic (exact) mass is 411 g/mol. The topological polar surface area (TPSA) is 48.4 Å². The molecule has 29 heavy (non-hydrogen) atoms. The number of methoxy groups -OCH3 is 1. The summed E-state index contributed by atoms with van der Waals surface area (Å²) in [4.78, 5) is 16.4. The highest BCUT2D eigenvalue weighted by Crippen LogP contribution is 2.32. The highest BCUT2D eigenvalue weighted by Gasteiger charge is 2.27. The van der Waals surface area contributed by atoms with Gasteiger partial charge in [-0.05, 0) is 62.4 Å². The Hall–Kier alpha value is -2.59. The second-order valence-electron chi connectivity index (χ2n) is 7.71. The number of carbonyl (C=O) groups excluding carboxylic acids is 1. The Bertz CT molecular complexity index is 983. The third kappa shape index (κ3) is 5.27. The van der Waals surface area contributed by atoms with Crippen molar-refractivity contribution in [3.8, 4) is 17.0 Å². The summed E-state index contributed by atoms with van der Waals surface area (Å²) in [6.45, 7) is 4.36. The van der Waals surface area contributed by atoms with Gasteiger partial charge < -0.3 is 9.47 Å². The van der Waals surface area contributed by atoms with Crippen molar-refractivity contribution in [2.24, 2.45) is 5.41 Å². The van der Waals surface area contributed by atoms with Crippen LogP contribution in [0.2, 0.25) is 5.02 Å². The number of pyridine rings is 1. The van der Waals surface area contributed by atoms with Crippen molar-refractivity contribution in [3.63, 3.8) is 0 Å². The van der Waals surface area contributed by atoms with E-state index in [0.29, 0.717) is 17.5 Å². The number of hydrogen-bond donors (Lipinski definition) is 0. The number of hydrogen-bond acceptors (Lipinski definition) is 4. The molecule has 3 aromatic rings. The van der Waals surface area contributed by atoms with Gasteiger partial charge in [-0.25, -0.2) is 4.98 Å². The number of carbonyl (C=O) groups is 1. The quantitative estimate of drug-likeness (QED) is 0.322. The van der Waals surface area contributed by atoms with Gasteiger partial charge in [-0.15, -0.1) is 0 Å². The minimum absolute atomic E-state index is 0.178. The average Bonchev–Trinajstić information content (AvgIpc) is 2.72. The lowest BCUT2D eigenvalue weighted by atomic mass is 9.87. The summed E-state index contributed by atoms with van der Waals surface area (Å²) in [5.41, 5.74) is 2.55. The molecular weight excluding hydrogens is 386 g/mol. The van der Waals surface area contributed by atoms with Gasteiger partial charge >= 0.3 is 5.97 Å². The Morgan fingerprint density at radius 3 is 2.52 bits per heavy atom. The maximum atomic E-state index is 11.8. The predicted octanol–water partition coefficient (Wildman–Crippen LogP) is 6.30. The summed E-state index contributed by atoms with van der Waals surface area (Å²) in [5, 5.41) is 1.78. The molecule has 0 aliphatic heterocycles. The summed E-state index contributed by atoms with van der Waals surface area (Å²) in [6, 6.07) is 17.8. The first kappa shape index (κ1) is 21.1. The molecule has 0 unspecified atom stereocenters. The zero-order valence-corrected chi connectivity index (χ0v) is 17.8. The van der Waals surface area contributed by atoms with Gasteiger partial charge in [0.1, 0.15) is 0 Å². The van der Waals surface area contributed by atoms with Gasteiger partial charge in [0.15, 0.2) is 0 Å². The Balaban J connectivity index is 1.70. The van der Waals surface area contributed by atoms with Crippen molar-refractivity contribution in [1.29, 1.82) is 0 Å². The lowest BCUT2D eigenvalue weighted by Crippen LogP contribution is -2.25. The van der Waals surface area contributed by atoms with Gasteiger partial charge in [0.25, 0.3) is 0 Å². The van der Waals surface area contributed by atoms with E-state index in [2.05, 4.69) is 11.1 Å². The highest BCUT2D eigenvalue weighted by molar-refractivity contribution is 6.30. The fraction of sp³-hybridized carbons (Fsp3) is 0.333. The van der Waals surface area contributed by atoms with Crippen LogP contribution in [-0.2, 0) is 9.53 Å². The van der Waals surface area contributed by atoms with Gasteiger partial charge in [-0.1, -0.05) is 41.9 Å². The number of esters is 1. The van der Waals surface area contributed by atoms with Crippen molar-refractivity contribution in [1.82, 2.24) is 4.98 Å². The van der Waals surface area contributed by atoms with Gasteiger partial charge in [-0.2, -0.15) is 0 Å². The summed E-state index contributed by atoms with van der Waals surface area (Å²) in [6.07, 6.45) is 2.47. The molecule has 2 aromatic carbocycles. The van der Waals surface area contributed by atoms with E-state index in [1.165, 1.54) is 7.11 Å². The van der Waals surface area contributed by atoms with E-state index in [-0.39, 0.29) is 5.97 Å². The maximum Gasteiger partial charge on any atom is 0.311 e. The minimum Gasteiger partial charge on any atom is -0.478 e. The molecule has 0 radical (unpaired) electrons. The predicted molar refractivity (Wildman–Crippen MR) is 117 cm³/mol. The molecule has 152 valence electrons. The van der Waals surface area contributed by atoms with Crippen LogP contribution < -0.4 is 4.74 Å². The molecular formula is C24H26ClNO3. The number of para-hydroxylation sites is 1. The summed E-state index contributed by atoms with van der Waals surface area (Å²) in [5.74, 6) is 0.420. The molecule has 0 aliphatic carbocycles.